The number of ether oxygens (including phenoxy) is 1. The van der Waals surface area contributed by atoms with E-state index in [1.54, 1.807) is 12.1 Å². The standard InChI is InChI=1S/C24H34N4O3S.C14H21N3O2S.C2H6/c1-15-10-17(12-19(11-15)31-8-6-25)23(30)28-21-14-18(24(3,4)5)13-20(27-16(2)29)22(21)32-9-7-26;1-14(2,3)10-6-11(16-8-18)13(20-5-4-15)12(7-10)17-9-19;1-2/h10-14H,6-9,25-26H2,1-5H3,(H,27,29)(H,28,30);6-9H,4-5,15H2,1-3H3,(H,16,18)(H,17,19);1-2H3. The first-order valence-electron chi connectivity index (χ1n) is 18.0. The van der Waals surface area contributed by atoms with Gasteiger partial charge in [0.15, 0.2) is 0 Å². The minimum absolute atomic E-state index is 0.0876. The quantitative estimate of drug-likeness (QED) is 0.0581. The molecule has 0 spiro atoms. The van der Waals surface area contributed by atoms with Crippen molar-refractivity contribution in [3.05, 3.63) is 64.7 Å². The molecule has 0 saturated carbocycles. The molecule has 12 nitrogen and oxygen atoms in total. The molecule has 3 rings (SSSR count). The van der Waals surface area contributed by atoms with Crippen LogP contribution >= 0.6 is 23.5 Å². The maximum absolute atomic E-state index is 13.2. The molecule has 0 saturated heterocycles. The molecule has 0 aliphatic rings. The highest BCUT2D eigenvalue weighted by atomic mass is 32.2. The van der Waals surface area contributed by atoms with Crippen LogP contribution in [-0.4, -0.2) is 62.4 Å². The van der Waals surface area contributed by atoms with E-state index in [4.69, 9.17) is 21.9 Å². The summed E-state index contributed by atoms with van der Waals surface area (Å²) in [6.45, 7) is 21.6. The molecule has 0 radical (unpaired) electrons. The summed E-state index contributed by atoms with van der Waals surface area (Å²) in [4.78, 5) is 48.3. The van der Waals surface area contributed by atoms with Crippen LogP contribution < -0.4 is 43.2 Å². The van der Waals surface area contributed by atoms with Crippen LogP contribution in [0.4, 0.5) is 22.7 Å². The number of carbonyl (C=O) groups excluding carboxylic acids is 4. The fourth-order valence-electron chi connectivity index (χ4n) is 4.81. The molecule has 0 atom stereocenters. The van der Waals surface area contributed by atoms with Gasteiger partial charge in [-0.15, -0.1) is 23.5 Å². The van der Waals surface area contributed by atoms with E-state index in [1.165, 1.54) is 30.4 Å². The van der Waals surface area contributed by atoms with E-state index < -0.39 is 0 Å². The predicted molar refractivity (Wildman–Crippen MR) is 229 cm³/mol. The maximum Gasteiger partial charge on any atom is 0.255 e. The summed E-state index contributed by atoms with van der Waals surface area (Å²) < 4.78 is 5.61. The molecule has 3 aromatic rings. The van der Waals surface area contributed by atoms with Crippen molar-refractivity contribution in [1.29, 1.82) is 0 Å². The Bertz CT molecular complexity index is 1660. The molecular weight excluding hydrogens is 723 g/mol. The lowest BCUT2D eigenvalue weighted by Gasteiger charge is -2.24. The number of amides is 4. The SMILES string of the molecule is CC.CC(=O)Nc1cc(C(C)(C)C)cc(NC(=O)c2cc(C)cc(OCCN)c2)c1SCCN.CC(C)(C)c1cc(NC=O)c(SCCN)c(NC=O)c1. The highest BCUT2D eigenvalue weighted by Gasteiger charge is 2.22. The second kappa shape index (κ2) is 23.6. The Balaban J connectivity index is 0.000000569. The summed E-state index contributed by atoms with van der Waals surface area (Å²) >= 11 is 3.00. The van der Waals surface area contributed by atoms with E-state index in [1.807, 2.05) is 51.1 Å². The Kier molecular flexibility index (Phi) is 21.0. The van der Waals surface area contributed by atoms with Crippen molar-refractivity contribution in [3.8, 4) is 5.75 Å². The molecule has 0 bridgehead atoms. The normalized spacial score (nSPS) is 10.8. The smallest absolute Gasteiger partial charge is 0.255 e. The van der Waals surface area contributed by atoms with E-state index in [0.717, 1.165) is 26.5 Å². The van der Waals surface area contributed by atoms with Gasteiger partial charge in [0.05, 0.1) is 32.5 Å². The average Bonchev–Trinajstić information content (AvgIpc) is 3.10. The van der Waals surface area contributed by atoms with Gasteiger partial charge >= 0.3 is 0 Å². The fourth-order valence-corrected chi connectivity index (χ4v) is 6.53. The third-order valence-electron chi connectivity index (χ3n) is 7.33. The van der Waals surface area contributed by atoms with Gasteiger partial charge in [0.1, 0.15) is 12.4 Å². The van der Waals surface area contributed by atoms with Crippen LogP contribution in [0.5, 0.6) is 5.75 Å². The molecule has 10 N–H and O–H groups in total. The number of thioether (sulfide) groups is 2. The highest BCUT2D eigenvalue weighted by molar-refractivity contribution is 7.99. The second-order valence-electron chi connectivity index (χ2n) is 13.9. The molecule has 0 aromatic heterocycles. The van der Waals surface area contributed by atoms with Crippen LogP contribution in [0, 0.1) is 6.92 Å². The second-order valence-corrected chi connectivity index (χ2v) is 16.1. The Morgan fingerprint density at radius 1 is 0.685 bits per heavy atom. The lowest BCUT2D eigenvalue weighted by atomic mass is 9.86. The first-order chi connectivity index (χ1) is 25.5. The lowest BCUT2D eigenvalue weighted by molar-refractivity contribution is -0.114. The summed E-state index contributed by atoms with van der Waals surface area (Å²) in [6.07, 6.45) is 1.28. The minimum Gasteiger partial charge on any atom is -0.492 e. The van der Waals surface area contributed by atoms with E-state index in [0.29, 0.717) is 84.6 Å². The Labute approximate surface area is 330 Å². The first-order valence-corrected chi connectivity index (χ1v) is 19.9. The van der Waals surface area contributed by atoms with Gasteiger partial charge in [0, 0.05) is 43.6 Å². The Morgan fingerprint density at radius 3 is 1.54 bits per heavy atom. The van der Waals surface area contributed by atoms with E-state index >= 15 is 0 Å². The third-order valence-corrected chi connectivity index (χ3v) is 9.66. The van der Waals surface area contributed by atoms with Gasteiger partial charge in [-0.25, -0.2) is 0 Å². The van der Waals surface area contributed by atoms with E-state index in [2.05, 4.69) is 62.8 Å². The summed E-state index contributed by atoms with van der Waals surface area (Å²) in [5.74, 6) is 1.51. The van der Waals surface area contributed by atoms with E-state index in [-0.39, 0.29) is 22.6 Å². The fraction of sp³-hybridized carbons (Fsp3) is 0.450. The Hall–Kier alpha value is -4.08. The van der Waals surface area contributed by atoms with Gasteiger partial charge < -0.3 is 43.2 Å². The van der Waals surface area contributed by atoms with Gasteiger partial charge in [-0.2, -0.15) is 0 Å². The Morgan fingerprint density at radius 2 is 1.13 bits per heavy atom. The zero-order chi connectivity index (χ0) is 41.1. The molecule has 0 unspecified atom stereocenters. The van der Waals surface area contributed by atoms with Crippen LogP contribution in [0.25, 0.3) is 0 Å². The van der Waals surface area contributed by atoms with Crippen molar-refractivity contribution < 1.29 is 23.9 Å². The zero-order valence-corrected chi connectivity index (χ0v) is 35.2. The van der Waals surface area contributed by atoms with Crippen molar-refractivity contribution >= 4 is 70.9 Å². The number of hydrogen-bond donors (Lipinski definition) is 7. The van der Waals surface area contributed by atoms with Crippen molar-refractivity contribution in [3.63, 3.8) is 0 Å². The van der Waals surface area contributed by atoms with Gasteiger partial charge in [-0.05, 0) is 76.9 Å². The van der Waals surface area contributed by atoms with Crippen LogP contribution in [0.1, 0.15) is 89.4 Å². The van der Waals surface area contributed by atoms with E-state index in [9.17, 15) is 19.2 Å². The maximum atomic E-state index is 13.2. The third kappa shape index (κ3) is 15.7. The van der Waals surface area contributed by atoms with Crippen molar-refractivity contribution in [2.24, 2.45) is 17.2 Å². The number of rotatable bonds is 16. The van der Waals surface area contributed by atoms with Crippen molar-refractivity contribution in [2.45, 2.75) is 89.9 Å². The van der Waals surface area contributed by atoms with Crippen molar-refractivity contribution in [1.82, 2.24) is 0 Å². The van der Waals surface area contributed by atoms with Gasteiger partial charge in [-0.3, -0.25) is 19.2 Å². The molecule has 4 amide bonds. The largest absolute Gasteiger partial charge is 0.492 e. The topological polar surface area (TPSA) is 204 Å². The van der Waals surface area contributed by atoms with Crippen LogP contribution in [0.15, 0.2) is 52.3 Å². The predicted octanol–water partition coefficient (Wildman–Crippen LogP) is 7.09. The number of hydrogen-bond acceptors (Lipinski definition) is 10. The number of anilines is 4. The van der Waals surface area contributed by atoms with Gasteiger partial charge in [0.25, 0.3) is 5.91 Å². The van der Waals surface area contributed by atoms with Crippen LogP contribution in [-0.2, 0) is 25.2 Å². The number of benzene rings is 3. The number of aryl methyl sites for hydroxylation is 1. The van der Waals surface area contributed by atoms with Crippen LogP contribution in [0.3, 0.4) is 0 Å². The number of carbonyl (C=O) groups is 4. The first kappa shape index (κ1) is 47.9. The number of nitrogens with one attached hydrogen (secondary N) is 4. The molecule has 3 aromatic carbocycles. The molecule has 14 heteroatoms. The van der Waals surface area contributed by atoms with Crippen LogP contribution in [0.2, 0.25) is 0 Å². The lowest BCUT2D eigenvalue weighted by Crippen LogP contribution is -2.18. The molecule has 54 heavy (non-hydrogen) atoms. The molecule has 0 aliphatic heterocycles. The highest BCUT2D eigenvalue weighted by Crippen LogP contribution is 2.40. The summed E-state index contributed by atoms with van der Waals surface area (Å²) in [5, 5.41) is 11.3. The molecule has 0 fully saturated rings. The van der Waals surface area contributed by atoms with Gasteiger partial charge in [-0.1, -0.05) is 55.4 Å². The summed E-state index contributed by atoms with van der Waals surface area (Å²) in [5.41, 5.74) is 22.6. The summed E-state index contributed by atoms with van der Waals surface area (Å²) in [6, 6.07) is 13.2. The minimum atomic E-state index is -0.263. The molecule has 0 aliphatic carbocycles. The monoisotopic (exact) mass is 783 g/mol. The summed E-state index contributed by atoms with van der Waals surface area (Å²) in [7, 11) is 0. The molecular formula is C40H61N7O5S2. The molecule has 0 heterocycles. The van der Waals surface area contributed by atoms with Gasteiger partial charge in [0.2, 0.25) is 18.7 Å². The molecule has 298 valence electrons. The van der Waals surface area contributed by atoms with Crippen molar-refractivity contribution in [2.75, 3.05) is 59.0 Å². The zero-order valence-electron chi connectivity index (χ0n) is 33.5. The number of nitrogens with two attached hydrogens (primary N) is 3. The average molecular weight is 784 g/mol.